The first-order valence-corrected chi connectivity index (χ1v) is 4.85. The van der Waals surface area contributed by atoms with Crippen LogP contribution in [0.4, 0.5) is 0 Å². The number of Topliss-reactive ketones (excluding diaryl/α,β-unsaturated/α-hetero) is 1. The van der Waals surface area contributed by atoms with E-state index in [4.69, 9.17) is 0 Å². The molecule has 1 rings (SSSR count). The van der Waals surface area contributed by atoms with Crippen LogP contribution in [0.15, 0.2) is 11.4 Å². The largest absolute Gasteiger partial charge is 0.319 e. The zero-order chi connectivity index (χ0) is 8.97. The van der Waals surface area contributed by atoms with Crippen LogP contribution in [0.5, 0.6) is 0 Å². The van der Waals surface area contributed by atoms with Crippen LogP contribution in [0, 0.1) is 6.92 Å². The molecule has 12 heavy (non-hydrogen) atoms. The third-order valence-electron chi connectivity index (χ3n) is 1.76. The van der Waals surface area contributed by atoms with Gasteiger partial charge in [0.1, 0.15) is 0 Å². The molecular weight excluding hydrogens is 170 g/mol. The zero-order valence-corrected chi connectivity index (χ0v) is 8.20. The molecule has 1 aromatic heterocycles. The lowest BCUT2D eigenvalue weighted by Crippen LogP contribution is -2.13. The van der Waals surface area contributed by atoms with E-state index in [1.54, 1.807) is 11.3 Å². The molecule has 0 radical (unpaired) electrons. The number of hydrogen-bond donors (Lipinski definition) is 1. The van der Waals surface area contributed by atoms with Gasteiger partial charge in [0.05, 0.1) is 0 Å². The maximum absolute atomic E-state index is 11.5. The molecule has 0 bridgehead atoms. The summed E-state index contributed by atoms with van der Waals surface area (Å²) in [6, 6.07) is 1.90. The third kappa shape index (κ3) is 2.16. The van der Waals surface area contributed by atoms with E-state index in [2.05, 4.69) is 5.32 Å². The number of thiophene rings is 1. The molecule has 0 aliphatic heterocycles. The Morgan fingerprint density at radius 1 is 1.67 bits per heavy atom. The predicted octanol–water partition coefficient (Wildman–Crippen LogP) is 1.85. The van der Waals surface area contributed by atoms with Gasteiger partial charge in [-0.2, -0.15) is 0 Å². The van der Waals surface area contributed by atoms with E-state index in [-0.39, 0.29) is 5.78 Å². The van der Waals surface area contributed by atoms with E-state index >= 15 is 0 Å². The molecule has 1 heterocycles. The third-order valence-corrected chi connectivity index (χ3v) is 2.61. The van der Waals surface area contributed by atoms with Crippen LogP contribution >= 0.6 is 11.3 Å². The highest BCUT2D eigenvalue weighted by atomic mass is 32.1. The molecule has 66 valence electrons. The van der Waals surface area contributed by atoms with Crippen molar-refractivity contribution < 1.29 is 4.79 Å². The molecule has 1 aromatic rings. The van der Waals surface area contributed by atoms with Gasteiger partial charge < -0.3 is 5.32 Å². The van der Waals surface area contributed by atoms with Gasteiger partial charge in [0.25, 0.3) is 0 Å². The van der Waals surface area contributed by atoms with Gasteiger partial charge in [-0.25, -0.2) is 0 Å². The molecule has 0 aliphatic rings. The van der Waals surface area contributed by atoms with E-state index in [1.165, 1.54) is 0 Å². The first kappa shape index (κ1) is 9.42. The summed E-state index contributed by atoms with van der Waals surface area (Å²) in [7, 11) is 1.85. The Morgan fingerprint density at radius 2 is 2.42 bits per heavy atom. The summed E-state index contributed by atoms with van der Waals surface area (Å²) in [5, 5.41) is 4.92. The van der Waals surface area contributed by atoms with Crippen LogP contribution in [0.25, 0.3) is 0 Å². The molecular formula is C9H13NOS. The number of nitrogens with one attached hydrogen (secondary N) is 1. The highest BCUT2D eigenvalue weighted by Crippen LogP contribution is 2.16. The lowest BCUT2D eigenvalue weighted by atomic mass is 10.1. The SMILES string of the molecule is CNCCC(=O)c1ccsc1C. The van der Waals surface area contributed by atoms with Crippen molar-refractivity contribution in [2.24, 2.45) is 0 Å². The zero-order valence-electron chi connectivity index (χ0n) is 7.39. The number of carbonyl (C=O) groups is 1. The summed E-state index contributed by atoms with van der Waals surface area (Å²) < 4.78 is 0. The van der Waals surface area contributed by atoms with Crippen molar-refractivity contribution in [1.82, 2.24) is 5.32 Å². The quantitative estimate of drug-likeness (QED) is 0.722. The molecule has 0 aliphatic carbocycles. The highest BCUT2D eigenvalue weighted by molar-refractivity contribution is 7.10. The van der Waals surface area contributed by atoms with E-state index in [1.807, 2.05) is 25.4 Å². The fraction of sp³-hybridized carbons (Fsp3) is 0.444. The Morgan fingerprint density at radius 3 is 2.92 bits per heavy atom. The van der Waals surface area contributed by atoms with Crippen LogP contribution in [-0.4, -0.2) is 19.4 Å². The normalized spacial score (nSPS) is 10.2. The molecule has 0 aromatic carbocycles. The summed E-state index contributed by atoms with van der Waals surface area (Å²) in [5.74, 6) is 0.239. The fourth-order valence-electron chi connectivity index (χ4n) is 1.05. The highest BCUT2D eigenvalue weighted by Gasteiger charge is 2.08. The number of rotatable bonds is 4. The standard InChI is InChI=1S/C9H13NOS/c1-7-8(4-6-12-7)9(11)3-5-10-2/h4,6,10H,3,5H2,1-2H3. The lowest BCUT2D eigenvalue weighted by Gasteiger charge is -1.98. The van der Waals surface area contributed by atoms with E-state index < -0.39 is 0 Å². The summed E-state index contributed by atoms with van der Waals surface area (Å²) >= 11 is 1.62. The Bertz CT molecular complexity index is 267. The van der Waals surface area contributed by atoms with Gasteiger partial charge in [0, 0.05) is 23.4 Å². The first-order valence-electron chi connectivity index (χ1n) is 3.97. The van der Waals surface area contributed by atoms with Crippen molar-refractivity contribution >= 4 is 17.1 Å². The van der Waals surface area contributed by atoms with Crippen molar-refractivity contribution in [3.05, 3.63) is 21.9 Å². The van der Waals surface area contributed by atoms with Crippen molar-refractivity contribution in [3.8, 4) is 0 Å². The van der Waals surface area contributed by atoms with Crippen LogP contribution in [-0.2, 0) is 0 Å². The maximum Gasteiger partial charge on any atom is 0.165 e. The van der Waals surface area contributed by atoms with Crippen LogP contribution in [0.1, 0.15) is 21.7 Å². The van der Waals surface area contributed by atoms with Crippen molar-refractivity contribution in [1.29, 1.82) is 0 Å². The molecule has 2 nitrogen and oxygen atoms in total. The second kappa shape index (κ2) is 4.38. The Kier molecular flexibility index (Phi) is 3.44. The summed E-state index contributed by atoms with van der Waals surface area (Å²) in [5.41, 5.74) is 0.884. The van der Waals surface area contributed by atoms with Crippen molar-refractivity contribution in [2.75, 3.05) is 13.6 Å². The molecule has 0 saturated carbocycles. The lowest BCUT2D eigenvalue weighted by molar-refractivity contribution is 0.0983. The van der Waals surface area contributed by atoms with Gasteiger partial charge >= 0.3 is 0 Å². The van der Waals surface area contributed by atoms with Crippen LogP contribution in [0.3, 0.4) is 0 Å². The summed E-state index contributed by atoms with van der Waals surface area (Å²) in [6.45, 7) is 2.74. The molecule has 3 heteroatoms. The fourth-order valence-corrected chi connectivity index (χ4v) is 1.76. The molecule has 0 saturated heterocycles. The second-order valence-electron chi connectivity index (χ2n) is 2.67. The number of ketones is 1. The van der Waals surface area contributed by atoms with Gasteiger partial charge in [-0.05, 0) is 25.4 Å². The van der Waals surface area contributed by atoms with Crippen molar-refractivity contribution in [3.63, 3.8) is 0 Å². The van der Waals surface area contributed by atoms with E-state index in [0.717, 1.165) is 17.0 Å². The molecule has 0 fully saturated rings. The van der Waals surface area contributed by atoms with E-state index in [0.29, 0.717) is 6.42 Å². The minimum absolute atomic E-state index is 0.239. The topological polar surface area (TPSA) is 29.1 Å². The minimum Gasteiger partial charge on any atom is -0.319 e. The maximum atomic E-state index is 11.5. The summed E-state index contributed by atoms with van der Waals surface area (Å²) in [6.07, 6.45) is 0.591. The Balaban J connectivity index is 2.59. The number of hydrogen-bond acceptors (Lipinski definition) is 3. The summed E-state index contributed by atoms with van der Waals surface area (Å²) in [4.78, 5) is 12.6. The predicted molar refractivity (Wildman–Crippen MR) is 51.9 cm³/mol. The molecule has 1 N–H and O–H groups in total. The number of carbonyl (C=O) groups excluding carboxylic acids is 1. The van der Waals surface area contributed by atoms with Crippen LogP contribution in [0.2, 0.25) is 0 Å². The van der Waals surface area contributed by atoms with Crippen LogP contribution < -0.4 is 5.32 Å². The number of aryl methyl sites for hydroxylation is 1. The Hall–Kier alpha value is -0.670. The van der Waals surface area contributed by atoms with Gasteiger partial charge in [-0.1, -0.05) is 0 Å². The van der Waals surface area contributed by atoms with E-state index in [9.17, 15) is 4.79 Å². The average Bonchev–Trinajstić information content (AvgIpc) is 2.47. The van der Waals surface area contributed by atoms with Crippen molar-refractivity contribution in [2.45, 2.75) is 13.3 Å². The second-order valence-corrected chi connectivity index (χ2v) is 3.79. The van der Waals surface area contributed by atoms with Gasteiger partial charge in [0.15, 0.2) is 5.78 Å². The first-order chi connectivity index (χ1) is 5.75. The minimum atomic E-state index is 0.239. The molecule has 0 amide bonds. The van der Waals surface area contributed by atoms with Gasteiger partial charge in [0.2, 0.25) is 0 Å². The smallest absolute Gasteiger partial charge is 0.165 e. The average molecular weight is 183 g/mol. The molecule has 0 spiro atoms. The molecule has 0 unspecified atom stereocenters. The van der Waals surface area contributed by atoms with Gasteiger partial charge in [-0.15, -0.1) is 11.3 Å². The Labute approximate surface area is 76.6 Å². The molecule has 0 atom stereocenters. The monoisotopic (exact) mass is 183 g/mol. The van der Waals surface area contributed by atoms with Gasteiger partial charge in [-0.3, -0.25) is 4.79 Å².